The maximum atomic E-state index is 14.7. The molecule has 5 aromatic heterocycles. The highest BCUT2D eigenvalue weighted by Crippen LogP contribution is 2.43. The van der Waals surface area contributed by atoms with Crippen molar-refractivity contribution >= 4 is 68.8 Å². The zero-order valence-corrected chi connectivity index (χ0v) is 43.0. The molecule has 3 fully saturated rings. The van der Waals surface area contributed by atoms with Crippen molar-refractivity contribution in [2.24, 2.45) is 5.92 Å². The Morgan fingerprint density at radius 1 is 0.684 bits per heavy atom. The number of hydrogen-bond acceptors (Lipinski definition) is 8. The lowest BCUT2D eigenvalue weighted by atomic mass is 9.78. The van der Waals surface area contributed by atoms with E-state index in [9.17, 15) is 44.7 Å². The van der Waals surface area contributed by atoms with Crippen molar-refractivity contribution in [3.8, 4) is 11.1 Å². The molecule has 3 N–H and O–H groups in total. The first-order chi connectivity index (χ1) is 35.9. The minimum Gasteiger partial charge on any atom is -0.399 e. The number of H-pyrrole nitrogens is 1. The van der Waals surface area contributed by atoms with Gasteiger partial charge < -0.3 is 24.9 Å². The Bertz CT molecular complexity index is 3360. The summed E-state index contributed by atoms with van der Waals surface area (Å²) < 4.78 is 119. The van der Waals surface area contributed by atoms with Crippen molar-refractivity contribution in [3.63, 3.8) is 0 Å². The number of aromatic nitrogens is 5. The molecule has 1 aliphatic heterocycles. The van der Waals surface area contributed by atoms with Gasteiger partial charge in [-0.05, 0) is 151 Å². The largest absolute Gasteiger partial charge is 0.494 e. The number of halogens is 9. The summed E-state index contributed by atoms with van der Waals surface area (Å²) in [7, 11) is -0.747. The van der Waals surface area contributed by atoms with E-state index in [1.165, 1.54) is 66.6 Å². The number of anilines is 2. The van der Waals surface area contributed by atoms with Gasteiger partial charge in [-0.25, -0.2) is 13.8 Å². The Balaban J connectivity index is 0.000000151. The molecule has 394 valence electrons. The van der Waals surface area contributed by atoms with Gasteiger partial charge in [0.1, 0.15) is 17.3 Å². The minimum atomic E-state index is -4.58. The van der Waals surface area contributed by atoms with Crippen LogP contribution in [0.1, 0.15) is 98.5 Å². The lowest BCUT2D eigenvalue weighted by molar-refractivity contribution is -0.138. The predicted octanol–water partition coefficient (Wildman–Crippen LogP) is 12.8. The molecule has 11 nitrogen and oxygen atoms in total. The molecule has 7 aromatic rings. The number of fused-ring (bicyclic) bond motifs is 2. The maximum absolute atomic E-state index is 14.7. The van der Waals surface area contributed by atoms with Crippen LogP contribution in [-0.4, -0.2) is 55.1 Å². The quantitative estimate of drug-likeness (QED) is 0.0907. The maximum Gasteiger partial charge on any atom is 0.494 e. The summed E-state index contributed by atoms with van der Waals surface area (Å²) in [4.78, 5) is 43.6. The van der Waals surface area contributed by atoms with Crippen LogP contribution in [0.25, 0.3) is 28.2 Å². The van der Waals surface area contributed by atoms with Crippen LogP contribution in [0.4, 0.5) is 46.5 Å². The fourth-order valence-corrected chi connectivity index (χ4v) is 8.86. The van der Waals surface area contributed by atoms with Crippen LogP contribution in [0.3, 0.4) is 0 Å². The van der Waals surface area contributed by atoms with Gasteiger partial charge in [-0.15, -0.1) is 0 Å². The van der Waals surface area contributed by atoms with Crippen LogP contribution < -0.4 is 16.1 Å². The Morgan fingerprint density at radius 2 is 1.25 bits per heavy atom. The molecule has 21 heteroatoms. The van der Waals surface area contributed by atoms with Crippen molar-refractivity contribution < 1.29 is 54.0 Å². The van der Waals surface area contributed by atoms with E-state index < -0.39 is 65.2 Å². The summed E-state index contributed by atoms with van der Waals surface area (Å²) in [6, 6.07) is 16.7. The number of pyridine rings is 4. The molecule has 0 radical (unpaired) electrons. The molecule has 4 aliphatic rings. The van der Waals surface area contributed by atoms with Gasteiger partial charge in [0.05, 0.1) is 64.6 Å². The van der Waals surface area contributed by atoms with E-state index in [1.807, 2.05) is 40.0 Å². The highest BCUT2D eigenvalue weighted by atomic mass is 79.9. The lowest BCUT2D eigenvalue weighted by Gasteiger charge is -2.32. The minimum absolute atomic E-state index is 0.0905. The molecular weight excluding hydrogens is 1070 g/mol. The van der Waals surface area contributed by atoms with E-state index in [1.54, 1.807) is 18.3 Å². The SMILES string of the molecule is Brc1cnc2[nH]c(C3CC3)cc2c1.CC1(C)OB(c2ccc(CC(=O)Nc3cncc(C(F)(F)F)c3)c(F)c2)OC1(C)C.O=C(Cc1ccc(-c2cnc3c(c2)C=C(C2CC2)C3)cc1F)Nc1cncc(C(F)(F)F)c1. The fraction of sp³-hybridized carbons (Fsp3) is 0.309. The molecule has 6 heterocycles. The van der Waals surface area contributed by atoms with Crippen LogP contribution in [0.5, 0.6) is 0 Å². The molecule has 2 saturated carbocycles. The average Bonchev–Trinajstić information content (AvgIpc) is 4.30. The molecule has 0 unspecified atom stereocenters. The van der Waals surface area contributed by atoms with Crippen LogP contribution in [-0.2, 0) is 50.5 Å². The molecule has 1 saturated heterocycles. The van der Waals surface area contributed by atoms with E-state index >= 15 is 0 Å². The zero-order chi connectivity index (χ0) is 54.3. The molecular formula is C55H49BBrF8N7O4. The van der Waals surface area contributed by atoms with Gasteiger partial charge in [0.25, 0.3) is 0 Å². The third-order valence-corrected chi connectivity index (χ3v) is 14.1. The molecule has 0 bridgehead atoms. The van der Waals surface area contributed by atoms with Crippen molar-refractivity contribution in [3.05, 3.63) is 165 Å². The van der Waals surface area contributed by atoms with Crippen molar-refractivity contribution in [2.45, 2.75) is 102 Å². The number of alkyl halides is 6. The van der Waals surface area contributed by atoms with Gasteiger partial charge in [-0.3, -0.25) is 24.5 Å². The Kier molecular flexibility index (Phi) is 15.1. The number of nitrogens with one attached hydrogen (secondary N) is 3. The number of carbonyl (C=O) groups is 2. The third kappa shape index (κ3) is 13.0. The van der Waals surface area contributed by atoms with Gasteiger partial charge in [0.15, 0.2) is 0 Å². The second-order valence-corrected chi connectivity index (χ2v) is 21.1. The van der Waals surface area contributed by atoms with Crippen LogP contribution >= 0.6 is 15.9 Å². The van der Waals surface area contributed by atoms with Gasteiger partial charge in [0, 0.05) is 52.3 Å². The number of amides is 2. The van der Waals surface area contributed by atoms with E-state index in [4.69, 9.17) is 9.31 Å². The normalized spacial score (nSPS) is 16.5. The summed E-state index contributed by atoms with van der Waals surface area (Å²) in [5.41, 5.74) is 4.66. The van der Waals surface area contributed by atoms with Crippen molar-refractivity contribution in [1.82, 2.24) is 24.9 Å². The monoisotopic (exact) mass is 1110 g/mol. The molecule has 0 spiro atoms. The summed E-state index contributed by atoms with van der Waals surface area (Å²) in [6.45, 7) is 7.52. The number of benzene rings is 2. The number of rotatable bonds is 10. The molecule has 3 aliphatic carbocycles. The summed E-state index contributed by atoms with van der Waals surface area (Å²) in [6.07, 6.45) is 5.43. The third-order valence-electron chi connectivity index (χ3n) is 13.7. The smallest absolute Gasteiger partial charge is 0.399 e. The lowest BCUT2D eigenvalue weighted by Crippen LogP contribution is -2.41. The molecule has 11 rings (SSSR count). The number of carbonyl (C=O) groups excluding carboxylic acids is 2. The first kappa shape index (κ1) is 54.0. The van der Waals surface area contributed by atoms with Gasteiger partial charge >= 0.3 is 19.5 Å². The van der Waals surface area contributed by atoms with Crippen molar-refractivity contribution in [1.29, 1.82) is 0 Å². The van der Waals surface area contributed by atoms with E-state index in [0.29, 0.717) is 29.3 Å². The predicted molar refractivity (Wildman–Crippen MR) is 275 cm³/mol. The average molecular weight is 1110 g/mol. The number of aromatic amines is 1. The van der Waals surface area contributed by atoms with Gasteiger partial charge in [-0.1, -0.05) is 35.9 Å². The summed E-state index contributed by atoms with van der Waals surface area (Å²) in [5.74, 6) is -1.07. The first-order valence-corrected chi connectivity index (χ1v) is 25.1. The highest BCUT2D eigenvalue weighted by molar-refractivity contribution is 9.10. The summed E-state index contributed by atoms with van der Waals surface area (Å²) in [5, 5.41) is 5.85. The van der Waals surface area contributed by atoms with Crippen LogP contribution in [0.2, 0.25) is 0 Å². The Morgan fingerprint density at radius 3 is 1.79 bits per heavy atom. The van der Waals surface area contributed by atoms with Gasteiger partial charge in [-0.2, -0.15) is 26.3 Å². The van der Waals surface area contributed by atoms with Crippen LogP contribution in [0.15, 0.2) is 114 Å². The molecule has 76 heavy (non-hydrogen) atoms. The summed E-state index contributed by atoms with van der Waals surface area (Å²) >= 11 is 3.42. The Labute approximate surface area is 440 Å². The highest BCUT2D eigenvalue weighted by Gasteiger charge is 2.52. The number of nitrogens with zero attached hydrogens (tertiary/aromatic N) is 4. The zero-order valence-electron chi connectivity index (χ0n) is 41.4. The Hall–Kier alpha value is -6.84. The number of allylic oxidation sites excluding steroid dienone is 1. The topological polar surface area (TPSA) is 144 Å². The molecule has 2 aromatic carbocycles. The van der Waals surface area contributed by atoms with E-state index in [2.05, 4.69) is 69.7 Å². The van der Waals surface area contributed by atoms with Crippen molar-refractivity contribution in [2.75, 3.05) is 10.6 Å². The number of hydrogen-bond donors (Lipinski definition) is 3. The molecule has 0 atom stereocenters. The fourth-order valence-electron chi connectivity index (χ4n) is 8.51. The molecule has 2 amide bonds. The standard InChI is InChI=1S/C25H19F4N3O.C20H21BF4N2O3.C10H9BrN2/c26-22-7-15(19-6-18-5-17(14-1-2-14)8-23(18)31-11-19)3-4-16(22)9-24(33)32-21-10-20(12-30-13-21)25(27,28)29;1-18(2)19(3,4)30-21(29-18)14-6-5-12(16(22)9-14)7-17(28)27-15-8-13(10-26-11-15)20(23,24)25;11-8-3-7-4-9(6-1-2-6)13-10(7)12-5-8/h3-7,10-14H,1-2,8-9H2,(H,32,33);5-6,8-11H,7H2,1-4H3,(H,27,28);3-6H,1-2H2,(H,12,13). The van der Waals surface area contributed by atoms with E-state index in [-0.39, 0.29) is 35.3 Å². The second kappa shape index (κ2) is 21.3. The van der Waals surface area contributed by atoms with Crippen LogP contribution in [0, 0.1) is 17.6 Å². The first-order valence-electron chi connectivity index (χ1n) is 24.3. The van der Waals surface area contributed by atoms with Gasteiger partial charge in [0.2, 0.25) is 11.8 Å². The second-order valence-electron chi connectivity index (χ2n) is 20.1. The van der Waals surface area contributed by atoms with E-state index in [0.717, 1.165) is 63.8 Å².